The van der Waals surface area contributed by atoms with Crippen molar-refractivity contribution in [2.75, 3.05) is 25.0 Å². The topological polar surface area (TPSA) is 41.6 Å². The van der Waals surface area contributed by atoms with Crippen molar-refractivity contribution in [1.82, 2.24) is 4.90 Å². The number of amides is 1. The first-order chi connectivity index (χ1) is 10.2. The zero-order chi connectivity index (χ0) is 14.8. The standard InChI is InChI=1S/C16H21ClN2O2/c1-2-7-18-15-6-3-11(17)8-14(15)16(20)19-9-12-4-5-13(10-19)21-12/h3,6,8,12-13,18H,2,4-5,7,9-10H2,1H3. The van der Waals surface area contributed by atoms with Crippen molar-refractivity contribution in [2.45, 2.75) is 38.4 Å². The second-order valence-electron chi connectivity index (χ2n) is 5.78. The van der Waals surface area contributed by atoms with Crippen molar-refractivity contribution in [2.24, 2.45) is 0 Å². The lowest BCUT2D eigenvalue weighted by Gasteiger charge is -2.32. The Morgan fingerprint density at radius 2 is 2.10 bits per heavy atom. The average molecular weight is 309 g/mol. The van der Waals surface area contributed by atoms with Crippen LogP contribution in [0.2, 0.25) is 5.02 Å². The maximum absolute atomic E-state index is 12.8. The van der Waals surface area contributed by atoms with Gasteiger partial charge in [-0.25, -0.2) is 0 Å². The number of halogens is 1. The summed E-state index contributed by atoms with van der Waals surface area (Å²) in [6.07, 6.45) is 3.55. The van der Waals surface area contributed by atoms with Gasteiger partial charge in [-0.05, 0) is 37.5 Å². The van der Waals surface area contributed by atoms with E-state index in [1.807, 2.05) is 17.0 Å². The van der Waals surface area contributed by atoms with Crippen LogP contribution in [0.5, 0.6) is 0 Å². The number of carbonyl (C=O) groups is 1. The van der Waals surface area contributed by atoms with Crippen LogP contribution in [0.3, 0.4) is 0 Å². The molecule has 3 rings (SSSR count). The molecule has 2 unspecified atom stereocenters. The summed E-state index contributed by atoms with van der Waals surface area (Å²) in [5.41, 5.74) is 1.53. The van der Waals surface area contributed by atoms with E-state index in [2.05, 4.69) is 12.2 Å². The van der Waals surface area contributed by atoms with Crippen LogP contribution < -0.4 is 5.32 Å². The van der Waals surface area contributed by atoms with Crippen LogP contribution in [0.15, 0.2) is 18.2 Å². The Labute approximate surface area is 130 Å². The molecule has 114 valence electrons. The van der Waals surface area contributed by atoms with Gasteiger partial charge in [0.2, 0.25) is 0 Å². The van der Waals surface area contributed by atoms with E-state index in [0.29, 0.717) is 23.7 Å². The molecule has 1 amide bonds. The van der Waals surface area contributed by atoms with E-state index < -0.39 is 0 Å². The number of nitrogens with zero attached hydrogens (tertiary/aromatic N) is 1. The predicted octanol–water partition coefficient (Wildman–Crippen LogP) is 3.17. The van der Waals surface area contributed by atoms with E-state index >= 15 is 0 Å². The molecule has 2 aliphatic rings. The molecular weight excluding hydrogens is 288 g/mol. The minimum absolute atomic E-state index is 0.0521. The van der Waals surface area contributed by atoms with Gasteiger partial charge in [-0.2, -0.15) is 0 Å². The molecule has 2 fully saturated rings. The Bertz CT molecular complexity index is 523. The van der Waals surface area contributed by atoms with Gasteiger partial charge in [0.1, 0.15) is 0 Å². The quantitative estimate of drug-likeness (QED) is 0.929. The number of fused-ring (bicyclic) bond motifs is 2. The zero-order valence-corrected chi connectivity index (χ0v) is 13.0. The highest BCUT2D eigenvalue weighted by molar-refractivity contribution is 6.31. The summed E-state index contributed by atoms with van der Waals surface area (Å²) in [7, 11) is 0. The van der Waals surface area contributed by atoms with Crippen LogP contribution in [-0.4, -0.2) is 42.6 Å². The molecule has 1 aromatic carbocycles. The number of anilines is 1. The molecule has 1 N–H and O–H groups in total. The molecule has 0 spiro atoms. The third-order valence-corrected chi connectivity index (χ3v) is 4.34. The van der Waals surface area contributed by atoms with E-state index in [1.165, 1.54) is 0 Å². The van der Waals surface area contributed by atoms with Gasteiger partial charge in [0.15, 0.2) is 0 Å². The third-order valence-electron chi connectivity index (χ3n) is 4.11. The Morgan fingerprint density at radius 1 is 1.38 bits per heavy atom. The minimum Gasteiger partial charge on any atom is -0.384 e. The number of ether oxygens (including phenoxy) is 1. The summed E-state index contributed by atoms with van der Waals surface area (Å²) < 4.78 is 5.80. The van der Waals surface area contributed by atoms with Gasteiger partial charge in [-0.3, -0.25) is 4.79 Å². The van der Waals surface area contributed by atoms with Gasteiger partial charge in [0, 0.05) is 30.3 Å². The number of benzene rings is 1. The van der Waals surface area contributed by atoms with Crippen molar-refractivity contribution in [3.8, 4) is 0 Å². The summed E-state index contributed by atoms with van der Waals surface area (Å²) in [6, 6.07) is 5.47. The van der Waals surface area contributed by atoms with Gasteiger partial charge in [0.25, 0.3) is 5.91 Å². The van der Waals surface area contributed by atoms with Gasteiger partial charge in [-0.1, -0.05) is 18.5 Å². The summed E-state index contributed by atoms with van der Waals surface area (Å²) in [5.74, 6) is 0.0521. The van der Waals surface area contributed by atoms with Crippen molar-refractivity contribution < 1.29 is 9.53 Å². The molecule has 21 heavy (non-hydrogen) atoms. The fraction of sp³-hybridized carbons (Fsp3) is 0.562. The minimum atomic E-state index is 0.0521. The Kier molecular flexibility index (Phi) is 4.36. The van der Waals surface area contributed by atoms with Gasteiger partial charge in [-0.15, -0.1) is 0 Å². The summed E-state index contributed by atoms with van der Waals surface area (Å²) in [5, 5.41) is 3.90. The SMILES string of the molecule is CCCNc1ccc(Cl)cc1C(=O)N1CC2CCC(C1)O2. The second kappa shape index (κ2) is 6.24. The molecule has 1 aromatic rings. The molecule has 2 saturated heterocycles. The molecule has 0 aliphatic carbocycles. The van der Waals surface area contributed by atoms with Crippen LogP contribution in [-0.2, 0) is 4.74 Å². The number of nitrogens with one attached hydrogen (secondary N) is 1. The Morgan fingerprint density at radius 3 is 2.76 bits per heavy atom. The first-order valence-corrected chi connectivity index (χ1v) is 8.03. The van der Waals surface area contributed by atoms with Crippen LogP contribution >= 0.6 is 11.6 Å². The molecule has 2 bridgehead atoms. The van der Waals surface area contributed by atoms with E-state index in [4.69, 9.17) is 16.3 Å². The fourth-order valence-corrected chi connectivity index (χ4v) is 3.23. The molecule has 0 aromatic heterocycles. The number of likely N-dealkylation sites (tertiary alicyclic amines) is 1. The van der Waals surface area contributed by atoms with Crippen molar-refractivity contribution in [1.29, 1.82) is 0 Å². The maximum Gasteiger partial charge on any atom is 0.256 e. The molecule has 2 heterocycles. The largest absolute Gasteiger partial charge is 0.384 e. The first kappa shape index (κ1) is 14.7. The lowest BCUT2D eigenvalue weighted by Crippen LogP contribution is -2.46. The Hall–Kier alpha value is -1.26. The van der Waals surface area contributed by atoms with Crippen LogP contribution in [0.4, 0.5) is 5.69 Å². The average Bonchev–Trinajstić information content (AvgIpc) is 2.83. The highest BCUT2D eigenvalue weighted by Crippen LogP contribution is 2.29. The molecule has 2 aliphatic heterocycles. The highest BCUT2D eigenvalue weighted by Gasteiger charge is 2.36. The van der Waals surface area contributed by atoms with Crippen molar-refractivity contribution in [3.05, 3.63) is 28.8 Å². The molecule has 0 saturated carbocycles. The van der Waals surface area contributed by atoms with Crippen LogP contribution in [0.25, 0.3) is 0 Å². The van der Waals surface area contributed by atoms with Gasteiger partial charge in [0.05, 0.1) is 17.8 Å². The summed E-state index contributed by atoms with van der Waals surface area (Å²) >= 11 is 6.08. The number of carbonyl (C=O) groups excluding carboxylic acids is 1. The maximum atomic E-state index is 12.8. The first-order valence-electron chi connectivity index (χ1n) is 7.65. The molecular formula is C16H21ClN2O2. The summed E-state index contributed by atoms with van der Waals surface area (Å²) in [4.78, 5) is 14.7. The van der Waals surface area contributed by atoms with Crippen LogP contribution in [0, 0.1) is 0 Å². The van der Waals surface area contributed by atoms with Gasteiger partial charge >= 0.3 is 0 Å². The molecule has 5 heteroatoms. The second-order valence-corrected chi connectivity index (χ2v) is 6.22. The van der Waals surface area contributed by atoms with Crippen molar-refractivity contribution >= 4 is 23.2 Å². The number of hydrogen-bond acceptors (Lipinski definition) is 3. The van der Waals surface area contributed by atoms with Crippen molar-refractivity contribution in [3.63, 3.8) is 0 Å². The summed E-state index contributed by atoms with van der Waals surface area (Å²) in [6.45, 7) is 4.32. The predicted molar refractivity (Wildman–Crippen MR) is 84.0 cm³/mol. The van der Waals surface area contributed by atoms with E-state index in [9.17, 15) is 4.79 Å². The molecule has 2 atom stereocenters. The zero-order valence-electron chi connectivity index (χ0n) is 12.3. The third kappa shape index (κ3) is 3.16. The Balaban J connectivity index is 1.81. The number of morpholine rings is 1. The van der Waals surface area contributed by atoms with Crippen LogP contribution in [0.1, 0.15) is 36.5 Å². The van der Waals surface area contributed by atoms with E-state index in [1.54, 1.807) is 6.07 Å². The van der Waals surface area contributed by atoms with Gasteiger partial charge < -0.3 is 15.0 Å². The smallest absolute Gasteiger partial charge is 0.256 e. The molecule has 0 radical (unpaired) electrons. The normalized spacial score (nSPS) is 24.2. The number of hydrogen-bond donors (Lipinski definition) is 1. The monoisotopic (exact) mass is 308 g/mol. The lowest BCUT2D eigenvalue weighted by molar-refractivity contribution is -0.0303. The fourth-order valence-electron chi connectivity index (χ4n) is 3.06. The molecule has 4 nitrogen and oxygen atoms in total. The van der Waals surface area contributed by atoms with E-state index in [-0.39, 0.29) is 18.1 Å². The number of rotatable bonds is 4. The van der Waals surface area contributed by atoms with E-state index in [0.717, 1.165) is 31.5 Å². The lowest BCUT2D eigenvalue weighted by atomic mass is 10.1. The highest BCUT2D eigenvalue weighted by atomic mass is 35.5.